The van der Waals surface area contributed by atoms with Crippen molar-refractivity contribution in [3.8, 4) is 0 Å². The quantitative estimate of drug-likeness (QED) is 0.477. The first-order valence-corrected chi connectivity index (χ1v) is 4.17. The summed E-state index contributed by atoms with van der Waals surface area (Å²) in [4.78, 5) is 4.34. The van der Waals surface area contributed by atoms with Crippen molar-refractivity contribution in [3.05, 3.63) is 0 Å². The minimum Gasteiger partial charge on any atom is -0.387 e. The van der Waals surface area contributed by atoms with E-state index in [0.29, 0.717) is 6.04 Å². The van der Waals surface area contributed by atoms with E-state index in [2.05, 4.69) is 4.99 Å². The van der Waals surface area contributed by atoms with Crippen LogP contribution in [0.4, 0.5) is 0 Å². The van der Waals surface area contributed by atoms with Crippen LogP contribution in [-0.4, -0.2) is 24.6 Å². The molecule has 0 aromatic carbocycles. The fourth-order valence-electron chi connectivity index (χ4n) is 1.19. The summed E-state index contributed by atoms with van der Waals surface area (Å²) < 4.78 is 5.35. The van der Waals surface area contributed by atoms with Crippen molar-refractivity contribution < 1.29 is 4.74 Å². The molecule has 0 spiro atoms. The molecule has 1 aliphatic rings. The number of aliphatic imine (C=N–C) groups is 1. The molecule has 0 aromatic rings. The highest BCUT2D eigenvalue weighted by Crippen LogP contribution is 2.16. The zero-order valence-corrected chi connectivity index (χ0v) is 7.21. The first-order chi connectivity index (χ1) is 5.24. The largest absolute Gasteiger partial charge is 0.387 e. The van der Waals surface area contributed by atoms with Crippen LogP contribution in [0.5, 0.6) is 0 Å². The van der Waals surface area contributed by atoms with Gasteiger partial charge in [-0.15, -0.1) is 0 Å². The van der Waals surface area contributed by atoms with E-state index >= 15 is 0 Å². The van der Waals surface area contributed by atoms with Crippen molar-refractivity contribution in [1.82, 2.24) is 0 Å². The zero-order chi connectivity index (χ0) is 8.27. The number of rotatable bonds is 2. The summed E-state index contributed by atoms with van der Waals surface area (Å²) in [6.07, 6.45) is 2.10. The second-order valence-electron chi connectivity index (χ2n) is 2.91. The molecular weight excluding hydrogens is 140 g/mol. The van der Waals surface area contributed by atoms with E-state index in [1.54, 1.807) is 0 Å². The number of ether oxygens (including phenoxy) is 1. The van der Waals surface area contributed by atoms with Gasteiger partial charge in [-0.1, -0.05) is 6.92 Å². The van der Waals surface area contributed by atoms with Gasteiger partial charge in [-0.25, -0.2) is 0 Å². The van der Waals surface area contributed by atoms with Gasteiger partial charge >= 0.3 is 0 Å². The van der Waals surface area contributed by atoms with Gasteiger partial charge in [0.15, 0.2) is 0 Å². The summed E-state index contributed by atoms with van der Waals surface area (Å²) in [5.74, 6) is 0.743. The maximum atomic E-state index is 5.61. The van der Waals surface area contributed by atoms with Crippen LogP contribution in [-0.2, 0) is 4.74 Å². The van der Waals surface area contributed by atoms with E-state index in [0.717, 1.165) is 25.3 Å². The molecule has 1 heterocycles. The highest BCUT2D eigenvalue weighted by atomic mass is 16.5. The molecule has 1 rings (SSSR count). The second-order valence-corrected chi connectivity index (χ2v) is 2.91. The Morgan fingerprint density at radius 1 is 1.73 bits per heavy atom. The number of hydrogen-bond acceptors (Lipinski definition) is 2. The number of nitrogens with zero attached hydrogens (tertiary/aromatic N) is 1. The molecule has 3 heteroatoms. The third-order valence-corrected chi connectivity index (χ3v) is 2.03. The molecule has 1 fully saturated rings. The van der Waals surface area contributed by atoms with Crippen molar-refractivity contribution in [3.63, 3.8) is 0 Å². The number of amidine groups is 1. The fraction of sp³-hybridized carbons (Fsp3) is 0.875. The van der Waals surface area contributed by atoms with E-state index < -0.39 is 0 Å². The molecule has 1 saturated heterocycles. The van der Waals surface area contributed by atoms with Crippen LogP contribution in [0.25, 0.3) is 0 Å². The van der Waals surface area contributed by atoms with Crippen LogP contribution in [0.3, 0.4) is 0 Å². The predicted octanol–water partition coefficient (Wildman–Crippen LogP) is 0.931. The Balaban J connectivity index is 2.47. The van der Waals surface area contributed by atoms with Crippen molar-refractivity contribution in [2.75, 3.05) is 6.61 Å². The van der Waals surface area contributed by atoms with Gasteiger partial charge < -0.3 is 10.5 Å². The van der Waals surface area contributed by atoms with E-state index in [4.69, 9.17) is 10.5 Å². The highest BCUT2D eigenvalue weighted by Gasteiger charge is 2.23. The lowest BCUT2D eigenvalue weighted by molar-refractivity contribution is 0.119. The summed E-state index contributed by atoms with van der Waals surface area (Å²) in [6.45, 7) is 4.88. The first-order valence-electron chi connectivity index (χ1n) is 4.17. The molecule has 0 bridgehead atoms. The number of nitrogens with two attached hydrogens (primary N) is 1. The lowest BCUT2D eigenvalue weighted by atomic mass is 10.2. The predicted molar refractivity (Wildman–Crippen MR) is 45.7 cm³/mol. The lowest BCUT2D eigenvalue weighted by Gasteiger charge is -2.09. The van der Waals surface area contributed by atoms with Gasteiger partial charge in [-0.2, -0.15) is 0 Å². The van der Waals surface area contributed by atoms with Gasteiger partial charge in [0.1, 0.15) is 0 Å². The molecule has 0 aromatic heterocycles. The topological polar surface area (TPSA) is 47.6 Å². The van der Waals surface area contributed by atoms with Crippen LogP contribution in [0, 0.1) is 0 Å². The van der Waals surface area contributed by atoms with Gasteiger partial charge in [-0.3, -0.25) is 4.99 Å². The molecule has 2 N–H and O–H groups in total. The van der Waals surface area contributed by atoms with Crippen LogP contribution >= 0.6 is 0 Å². The van der Waals surface area contributed by atoms with E-state index in [1.165, 1.54) is 0 Å². The molecule has 0 radical (unpaired) electrons. The monoisotopic (exact) mass is 156 g/mol. The Morgan fingerprint density at radius 2 is 2.45 bits per heavy atom. The molecule has 1 aliphatic heterocycles. The minimum absolute atomic E-state index is 0.250. The standard InChI is InChI=1S/C8H16N2O/c1-3-8(9)10-7-4-5-11-6(7)2/h6-7H,3-5H2,1-2H3,(H2,9,10). The van der Waals surface area contributed by atoms with Crippen molar-refractivity contribution in [2.45, 2.75) is 38.8 Å². The average Bonchev–Trinajstić information content (AvgIpc) is 2.37. The molecule has 11 heavy (non-hydrogen) atoms. The lowest BCUT2D eigenvalue weighted by Crippen LogP contribution is -2.20. The van der Waals surface area contributed by atoms with Crippen molar-refractivity contribution in [2.24, 2.45) is 10.7 Å². The maximum Gasteiger partial charge on any atom is 0.0938 e. The van der Waals surface area contributed by atoms with Crippen LogP contribution < -0.4 is 5.73 Å². The smallest absolute Gasteiger partial charge is 0.0938 e. The zero-order valence-electron chi connectivity index (χ0n) is 7.21. The van der Waals surface area contributed by atoms with Crippen LogP contribution in [0.1, 0.15) is 26.7 Å². The summed E-state index contributed by atoms with van der Waals surface area (Å²) in [6, 6.07) is 0.301. The van der Waals surface area contributed by atoms with Gasteiger partial charge in [0.2, 0.25) is 0 Å². The van der Waals surface area contributed by atoms with Gasteiger partial charge in [0, 0.05) is 13.0 Å². The summed E-state index contributed by atoms with van der Waals surface area (Å²) in [7, 11) is 0. The van der Waals surface area contributed by atoms with Crippen LogP contribution in [0.2, 0.25) is 0 Å². The SMILES string of the molecule is CCC(N)=NC1CCOC1C. The molecule has 0 aliphatic carbocycles. The second kappa shape index (κ2) is 3.72. The Kier molecular flexibility index (Phi) is 2.88. The average molecular weight is 156 g/mol. The molecule has 0 amide bonds. The summed E-state index contributed by atoms with van der Waals surface area (Å²) >= 11 is 0. The van der Waals surface area contributed by atoms with Gasteiger partial charge in [0.25, 0.3) is 0 Å². The van der Waals surface area contributed by atoms with Crippen molar-refractivity contribution in [1.29, 1.82) is 0 Å². The third kappa shape index (κ3) is 2.19. The number of hydrogen-bond donors (Lipinski definition) is 1. The summed E-state index contributed by atoms with van der Waals surface area (Å²) in [5, 5.41) is 0. The Bertz CT molecular complexity index is 156. The normalized spacial score (nSPS) is 32.7. The minimum atomic E-state index is 0.250. The Hall–Kier alpha value is -0.570. The van der Waals surface area contributed by atoms with E-state index in [-0.39, 0.29) is 6.10 Å². The molecule has 3 nitrogen and oxygen atoms in total. The van der Waals surface area contributed by atoms with E-state index in [9.17, 15) is 0 Å². The van der Waals surface area contributed by atoms with Gasteiger partial charge in [0.05, 0.1) is 18.0 Å². The Labute approximate surface area is 67.6 Å². The van der Waals surface area contributed by atoms with Gasteiger partial charge in [-0.05, 0) is 13.3 Å². The van der Waals surface area contributed by atoms with Crippen LogP contribution in [0.15, 0.2) is 4.99 Å². The highest BCUT2D eigenvalue weighted by molar-refractivity contribution is 5.80. The molecule has 2 atom stereocenters. The van der Waals surface area contributed by atoms with Crippen molar-refractivity contribution >= 4 is 5.84 Å². The molecular formula is C8H16N2O. The maximum absolute atomic E-state index is 5.61. The molecule has 0 saturated carbocycles. The fourth-order valence-corrected chi connectivity index (χ4v) is 1.19. The van der Waals surface area contributed by atoms with E-state index in [1.807, 2.05) is 13.8 Å². The molecule has 64 valence electrons. The first kappa shape index (κ1) is 8.53. The summed E-state index contributed by atoms with van der Waals surface area (Å²) in [5.41, 5.74) is 5.61. The third-order valence-electron chi connectivity index (χ3n) is 2.03. The molecule has 2 unspecified atom stereocenters. The Morgan fingerprint density at radius 3 is 2.91 bits per heavy atom.